The number of hydrogen-bond donors (Lipinski definition) is 1. The predicted molar refractivity (Wildman–Crippen MR) is 74.6 cm³/mol. The average Bonchev–Trinajstić information content (AvgIpc) is 3.06. The summed E-state index contributed by atoms with van der Waals surface area (Å²) >= 11 is 6.17. The quantitative estimate of drug-likeness (QED) is 0.803. The molecule has 0 aliphatic heterocycles. The average molecular weight is 304 g/mol. The molecule has 7 heteroatoms. The molecule has 0 amide bonds. The van der Waals surface area contributed by atoms with E-state index >= 15 is 0 Å². The second-order valence-corrected chi connectivity index (χ2v) is 5.46. The van der Waals surface area contributed by atoms with E-state index in [1.54, 1.807) is 6.20 Å². The number of rotatable bonds is 3. The molecule has 1 aliphatic rings. The van der Waals surface area contributed by atoms with Crippen molar-refractivity contribution in [2.45, 2.75) is 18.8 Å². The first-order chi connectivity index (χ1) is 10.1. The molecular weight excluding hydrogens is 294 g/mol. The summed E-state index contributed by atoms with van der Waals surface area (Å²) in [6.45, 7) is 0. The van der Waals surface area contributed by atoms with Gasteiger partial charge in [-0.2, -0.15) is 5.10 Å². The SMILES string of the molecule is O=C(O)c1nn2c(-c3cnco3)cc(C3CC3)cc2c1Cl. The molecule has 0 bridgehead atoms. The van der Waals surface area contributed by atoms with Crippen LogP contribution in [0.3, 0.4) is 0 Å². The minimum absolute atomic E-state index is 0.144. The van der Waals surface area contributed by atoms with Crippen molar-refractivity contribution in [3.05, 3.63) is 41.0 Å². The Hall–Kier alpha value is -2.34. The van der Waals surface area contributed by atoms with E-state index in [2.05, 4.69) is 10.1 Å². The summed E-state index contributed by atoms with van der Waals surface area (Å²) in [6, 6.07) is 3.86. The van der Waals surface area contributed by atoms with Gasteiger partial charge in [0.1, 0.15) is 10.7 Å². The Labute approximate surface area is 124 Å². The molecule has 6 nitrogen and oxygen atoms in total. The smallest absolute Gasteiger partial charge is 0.358 e. The number of nitrogens with zero attached hydrogens (tertiary/aromatic N) is 3. The molecule has 1 fully saturated rings. The van der Waals surface area contributed by atoms with Gasteiger partial charge in [-0.1, -0.05) is 11.6 Å². The maximum absolute atomic E-state index is 11.2. The summed E-state index contributed by atoms with van der Waals surface area (Å²) in [5.41, 5.74) is 2.18. The van der Waals surface area contributed by atoms with Gasteiger partial charge >= 0.3 is 5.97 Å². The van der Waals surface area contributed by atoms with Gasteiger partial charge in [0.15, 0.2) is 17.8 Å². The van der Waals surface area contributed by atoms with Gasteiger partial charge in [-0.25, -0.2) is 14.3 Å². The summed E-state index contributed by atoms with van der Waals surface area (Å²) < 4.78 is 6.83. The maximum Gasteiger partial charge on any atom is 0.358 e. The van der Waals surface area contributed by atoms with E-state index in [9.17, 15) is 9.90 Å². The molecular formula is C14H10ClN3O3. The Morgan fingerprint density at radius 1 is 1.43 bits per heavy atom. The van der Waals surface area contributed by atoms with Crippen LogP contribution in [0.5, 0.6) is 0 Å². The van der Waals surface area contributed by atoms with E-state index in [1.807, 2.05) is 12.1 Å². The van der Waals surface area contributed by atoms with Crippen LogP contribution >= 0.6 is 11.6 Å². The van der Waals surface area contributed by atoms with Crippen LogP contribution in [-0.2, 0) is 0 Å². The molecule has 1 saturated carbocycles. The third kappa shape index (κ3) is 1.91. The summed E-state index contributed by atoms with van der Waals surface area (Å²) in [5, 5.41) is 13.4. The lowest BCUT2D eigenvalue weighted by atomic mass is 10.1. The summed E-state index contributed by atoms with van der Waals surface area (Å²) in [6.07, 6.45) is 5.16. The first kappa shape index (κ1) is 12.4. The van der Waals surface area contributed by atoms with E-state index < -0.39 is 5.97 Å². The zero-order valence-electron chi connectivity index (χ0n) is 10.8. The normalized spacial score (nSPS) is 14.7. The first-order valence-corrected chi connectivity index (χ1v) is 6.87. The highest BCUT2D eigenvalue weighted by atomic mass is 35.5. The largest absolute Gasteiger partial charge is 0.476 e. The summed E-state index contributed by atoms with van der Waals surface area (Å²) in [5.74, 6) is -0.130. The zero-order valence-corrected chi connectivity index (χ0v) is 11.5. The number of hydrogen-bond acceptors (Lipinski definition) is 4. The van der Waals surface area contributed by atoms with Crippen molar-refractivity contribution in [2.24, 2.45) is 0 Å². The Kier molecular flexibility index (Phi) is 2.56. The minimum Gasteiger partial charge on any atom is -0.476 e. The fourth-order valence-electron chi connectivity index (χ4n) is 2.45. The predicted octanol–water partition coefficient (Wildman–Crippen LogP) is 3.22. The van der Waals surface area contributed by atoms with Crippen molar-refractivity contribution >= 4 is 23.1 Å². The number of oxazole rings is 1. The van der Waals surface area contributed by atoms with E-state index in [0.29, 0.717) is 22.9 Å². The number of aromatic carboxylic acids is 1. The molecule has 0 saturated heterocycles. The van der Waals surface area contributed by atoms with Gasteiger partial charge in [0.05, 0.1) is 11.7 Å². The van der Waals surface area contributed by atoms with Crippen LogP contribution in [0.1, 0.15) is 34.8 Å². The molecule has 0 aromatic carbocycles. The van der Waals surface area contributed by atoms with Gasteiger partial charge < -0.3 is 9.52 Å². The number of fused-ring (bicyclic) bond motifs is 1. The Morgan fingerprint density at radius 2 is 2.24 bits per heavy atom. The van der Waals surface area contributed by atoms with Crippen LogP contribution < -0.4 is 0 Å². The maximum atomic E-state index is 11.2. The van der Waals surface area contributed by atoms with Gasteiger partial charge in [0.2, 0.25) is 0 Å². The number of halogens is 1. The number of carboxylic acids is 1. The molecule has 0 atom stereocenters. The van der Waals surface area contributed by atoms with Gasteiger partial charge in [-0.3, -0.25) is 0 Å². The first-order valence-electron chi connectivity index (χ1n) is 6.49. The van der Waals surface area contributed by atoms with E-state index in [1.165, 1.54) is 10.9 Å². The summed E-state index contributed by atoms with van der Waals surface area (Å²) in [7, 11) is 0. The number of carbonyl (C=O) groups is 1. The molecule has 3 aromatic rings. The second-order valence-electron chi connectivity index (χ2n) is 5.08. The standard InChI is InChI=1S/C14H10ClN3O3/c15-12-10-4-8(7-1-2-7)3-9(11-5-16-6-21-11)18(10)17-13(12)14(19)20/h3-7H,1-2H2,(H,19,20). The van der Waals surface area contributed by atoms with E-state index in [4.69, 9.17) is 16.0 Å². The van der Waals surface area contributed by atoms with Crippen molar-refractivity contribution in [3.8, 4) is 11.5 Å². The molecule has 4 rings (SSSR count). The van der Waals surface area contributed by atoms with Crippen molar-refractivity contribution < 1.29 is 14.3 Å². The highest BCUT2D eigenvalue weighted by molar-refractivity contribution is 6.36. The topological polar surface area (TPSA) is 80.6 Å². The third-order valence-corrected chi connectivity index (χ3v) is 4.00. The molecule has 0 unspecified atom stereocenters. The fourth-order valence-corrected chi connectivity index (χ4v) is 2.70. The van der Waals surface area contributed by atoms with Crippen molar-refractivity contribution in [1.29, 1.82) is 0 Å². The lowest BCUT2D eigenvalue weighted by Gasteiger charge is -2.05. The van der Waals surface area contributed by atoms with E-state index in [0.717, 1.165) is 18.4 Å². The molecule has 1 aliphatic carbocycles. The molecule has 1 N–H and O–H groups in total. The number of pyridine rings is 1. The number of aromatic nitrogens is 3. The van der Waals surface area contributed by atoms with Crippen LogP contribution in [0.15, 0.2) is 29.1 Å². The molecule has 3 aromatic heterocycles. The van der Waals surface area contributed by atoms with Crippen LogP contribution in [-0.4, -0.2) is 25.7 Å². The molecule has 21 heavy (non-hydrogen) atoms. The van der Waals surface area contributed by atoms with Crippen molar-refractivity contribution in [2.75, 3.05) is 0 Å². The fraction of sp³-hybridized carbons (Fsp3) is 0.214. The third-order valence-electron chi connectivity index (χ3n) is 3.63. The van der Waals surface area contributed by atoms with Gasteiger partial charge in [-0.15, -0.1) is 0 Å². The van der Waals surface area contributed by atoms with Crippen LogP contribution in [0.4, 0.5) is 0 Å². The highest BCUT2D eigenvalue weighted by Crippen LogP contribution is 2.42. The van der Waals surface area contributed by atoms with Crippen molar-refractivity contribution in [1.82, 2.24) is 14.6 Å². The molecule has 106 valence electrons. The van der Waals surface area contributed by atoms with Crippen LogP contribution in [0, 0.1) is 0 Å². The van der Waals surface area contributed by atoms with E-state index in [-0.39, 0.29) is 10.7 Å². The second kappa shape index (κ2) is 4.33. The molecule has 0 spiro atoms. The Morgan fingerprint density at radius 3 is 2.86 bits per heavy atom. The zero-order chi connectivity index (χ0) is 14.6. The Bertz CT molecular complexity index is 850. The van der Waals surface area contributed by atoms with Gasteiger partial charge in [-0.05, 0) is 36.5 Å². The lowest BCUT2D eigenvalue weighted by molar-refractivity contribution is 0.0690. The summed E-state index contributed by atoms with van der Waals surface area (Å²) in [4.78, 5) is 15.1. The highest BCUT2D eigenvalue weighted by Gasteiger charge is 2.27. The van der Waals surface area contributed by atoms with Crippen molar-refractivity contribution in [3.63, 3.8) is 0 Å². The Balaban J connectivity index is 2.05. The lowest BCUT2D eigenvalue weighted by Crippen LogP contribution is -2.00. The van der Waals surface area contributed by atoms with Crippen LogP contribution in [0.2, 0.25) is 5.02 Å². The molecule has 0 radical (unpaired) electrons. The van der Waals surface area contributed by atoms with Crippen LogP contribution in [0.25, 0.3) is 17.0 Å². The van der Waals surface area contributed by atoms with Gasteiger partial charge in [0, 0.05) is 0 Å². The molecule has 3 heterocycles. The minimum atomic E-state index is -1.15. The van der Waals surface area contributed by atoms with Gasteiger partial charge in [0.25, 0.3) is 0 Å². The monoisotopic (exact) mass is 303 g/mol. The number of carboxylic acid groups (broad SMARTS) is 1.